The first-order valence-electron chi connectivity index (χ1n) is 6.68. The van der Waals surface area contributed by atoms with Crippen LogP contribution in [0.4, 0.5) is 0 Å². The molecule has 0 radical (unpaired) electrons. The maximum Gasteiger partial charge on any atom is 0.0294 e. The lowest BCUT2D eigenvalue weighted by Gasteiger charge is -2.32. The lowest BCUT2D eigenvalue weighted by Crippen LogP contribution is -2.38. The summed E-state index contributed by atoms with van der Waals surface area (Å²) >= 11 is 3.48. The van der Waals surface area contributed by atoms with Crippen molar-refractivity contribution < 1.29 is 0 Å². The van der Waals surface area contributed by atoms with E-state index in [4.69, 9.17) is 0 Å². The van der Waals surface area contributed by atoms with Crippen LogP contribution in [0.5, 0.6) is 0 Å². The Balaban J connectivity index is 1.95. The Kier molecular flexibility index (Phi) is 4.63. The molecular weight excluding hydrogens is 274 g/mol. The van der Waals surface area contributed by atoms with Crippen molar-refractivity contribution in [3.63, 3.8) is 0 Å². The summed E-state index contributed by atoms with van der Waals surface area (Å²) in [6, 6.07) is 9.80. The number of halogens is 1. The van der Waals surface area contributed by atoms with E-state index in [-0.39, 0.29) is 0 Å². The Bertz CT molecular complexity index is 346. The molecule has 2 unspecified atom stereocenters. The molecule has 1 aromatic carbocycles. The number of nitrogens with one attached hydrogen (secondary N) is 1. The SMILES string of the molecule is CC1CCCCC1N[C@H](C)c1ccc(Br)cc1. The Morgan fingerprint density at radius 3 is 2.47 bits per heavy atom. The molecule has 3 atom stereocenters. The van der Waals surface area contributed by atoms with Gasteiger partial charge in [-0.2, -0.15) is 0 Å². The van der Waals surface area contributed by atoms with Gasteiger partial charge in [-0.25, -0.2) is 0 Å². The van der Waals surface area contributed by atoms with Crippen LogP contribution in [0.3, 0.4) is 0 Å². The molecule has 2 rings (SSSR count). The van der Waals surface area contributed by atoms with Crippen LogP contribution in [0, 0.1) is 5.92 Å². The van der Waals surface area contributed by atoms with E-state index in [2.05, 4.69) is 59.4 Å². The fourth-order valence-corrected chi connectivity index (χ4v) is 3.00. The zero-order valence-corrected chi connectivity index (χ0v) is 12.3. The van der Waals surface area contributed by atoms with Gasteiger partial charge in [-0.1, -0.05) is 47.8 Å². The van der Waals surface area contributed by atoms with Crippen LogP contribution in [0.2, 0.25) is 0 Å². The second kappa shape index (κ2) is 6.01. The maximum atomic E-state index is 3.79. The van der Waals surface area contributed by atoms with Gasteiger partial charge in [-0.05, 0) is 43.4 Å². The molecule has 1 nitrogen and oxygen atoms in total. The fourth-order valence-electron chi connectivity index (χ4n) is 2.73. The molecule has 0 bridgehead atoms. The minimum Gasteiger partial charge on any atom is -0.307 e. The molecule has 0 saturated heterocycles. The van der Waals surface area contributed by atoms with Crippen LogP contribution < -0.4 is 5.32 Å². The fraction of sp³-hybridized carbons (Fsp3) is 0.600. The zero-order valence-electron chi connectivity index (χ0n) is 10.7. The van der Waals surface area contributed by atoms with Crippen molar-refractivity contribution in [1.29, 1.82) is 0 Å². The van der Waals surface area contributed by atoms with E-state index in [1.165, 1.54) is 31.2 Å². The first-order valence-corrected chi connectivity index (χ1v) is 7.47. The van der Waals surface area contributed by atoms with Crippen molar-refractivity contribution in [2.45, 2.75) is 51.6 Å². The largest absolute Gasteiger partial charge is 0.307 e. The Labute approximate surface area is 113 Å². The summed E-state index contributed by atoms with van der Waals surface area (Å²) < 4.78 is 1.15. The van der Waals surface area contributed by atoms with Crippen molar-refractivity contribution in [1.82, 2.24) is 5.32 Å². The number of hydrogen-bond donors (Lipinski definition) is 1. The highest BCUT2D eigenvalue weighted by Gasteiger charge is 2.22. The van der Waals surface area contributed by atoms with Gasteiger partial charge < -0.3 is 5.32 Å². The molecule has 1 aliphatic carbocycles. The minimum atomic E-state index is 0.452. The van der Waals surface area contributed by atoms with E-state index in [0.717, 1.165) is 10.4 Å². The third-order valence-electron chi connectivity index (χ3n) is 3.95. The van der Waals surface area contributed by atoms with Gasteiger partial charge in [0.15, 0.2) is 0 Å². The minimum absolute atomic E-state index is 0.452. The molecule has 0 aromatic heterocycles. The Hall–Kier alpha value is -0.340. The number of rotatable bonds is 3. The molecule has 1 aliphatic rings. The average Bonchev–Trinajstić information content (AvgIpc) is 2.33. The summed E-state index contributed by atoms with van der Waals surface area (Å²) in [5.74, 6) is 0.821. The molecule has 1 saturated carbocycles. The van der Waals surface area contributed by atoms with E-state index in [1.54, 1.807) is 0 Å². The van der Waals surface area contributed by atoms with Crippen molar-refractivity contribution in [3.05, 3.63) is 34.3 Å². The summed E-state index contributed by atoms with van der Waals surface area (Å²) in [6.45, 7) is 4.65. The first kappa shape index (κ1) is 13.1. The molecule has 0 spiro atoms. The van der Waals surface area contributed by atoms with Crippen LogP contribution in [0.1, 0.15) is 51.1 Å². The topological polar surface area (TPSA) is 12.0 Å². The zero-order chi connectivity index (χ0) is 12.3. The molecule has 1 aromatic rings. The van der Waals surface area contributed by atoms with Crippen molar-refractivity contribution >= 4 is 15.9 Å². The van der Waals surface area contributed by atoms with Gasteiger partial charge >= 0.3 is 0 Å². The Morgan fingerprint density at radius 2 is 1.82 bits per heavy atom. The van der Waals surface area contributed by atoms with Crippen molar-refractivity contribution in [3.8, 4) is 0 Å². The van der Waals surface area contributed by atoms with E-state index in [0.29, 0.717) is 12.1 Å². The van der Waals surface area contributed by atoms with Gasteiger partial charge in [0.1, 0.15) is 0 Å². The second-order valence-corrected chi connectivity index (χ2v) is 6.22. The lowest BCUT2D eigenvalue weighted by atomic mass is 9.85. The third-order valence-corrected chi connectivity index (χ3v) is 4.47. The molecule has 1 fully saturated rings. The van der Waals surface area contributed by atoms with Crippen LogP contribution in [0.15, 0.2) is 28.7 Å². The van der Waals surface area contributed by atoms with Crippen LogP contribution in [-0.2, 0) is 0 Å². The quantitative estimate of drug-likeness (QED) is 0.854. The van der Waals surface area contributed by atoms with Crippen molar-refractivity contribution in [2.75, 3.05) is 0 Å². The summed E-state index contributed by atoms with van der Waals surface area (Å²) in [7, 11) is 0. The normalized spacial score (nSPS) is 26.8. The molecule has 0 aliphatic heterocycles. The number of benzene rings is 1. The summed E-state index contributed by atoms with van der Waals surface area (Å²) in [5.41, 5.74) is 1.38. The van der Waals surface area contributed by atoms with E-state index in [1.807, 2.05) is 0 Å². The highest BCUT2D eigenvalue weighted by Crippen LogP contribution is 2.26. The van der Waals surface area contributed by atoms with Gasteiger partial charge in [-0.15, -0.1) is 0 Å². The van der Waals surface area contributed by atoms with E-state index >= 15 is 0 Å². The van der Waals surface area contributed by atoms with Gasteiger partial charge in [-0.3, -0.25) is 0 Å². The average molecular weight is 296 g/mol. The smallest absolute Gasteiger partial charge is 0.0294 e. The molecule has 17 heavy (non-hydrogen) atoms. The van der Waals surface area contributed by atoms with Crippen LogP contribution in [-0.4, -0.2) is 6.04 Å². The summed E-state index contributed by atoms with van der Waals surface area (Å²) in [4.78, 5) is 0. The molecular formula is C15H22BrN. The highest BCUT2D eigenvalue weighted by molar-refractivity contribution is 9.10. The monoisotopic (exact) mass is 295 g/mol. The van der Waals surface area contributed by atoms with Crippen molar-refractivity contribution in [2.24, 2.45) is 5.92 Å². The van der Waals surface area contributed by atoms with E-state index < -0.39 is 0 Å². The van der Waals surface area contributed by atoms with Crippen LogP contribution >= 0.6 is 15.9 Å². The molecule has 94 valence electrons. The van der Waals surface area contributed by atoms with Gasteiger partial charge in [0.05, 0.1) is 0 Å². The molecule has 1 N–H and O–H groups in total. The summed E-state index contributed by atoms with van der Waals surface area (Å²) in [5, 5.41) is 3.79. The third kappa shape index (κ3) is 3.56. The number of hydrogen-bond acceptors (Lipinski definition) is 1. The maximum absolute atomic E-state index is 3.79. The summed E-state index contributed by atoms with van der Waals surface area (Å²) in [6.07, 6.45) is 5.51. The lowest BCUT2D eigenvalue weighted by molar-refractivity contribution is 0.263. The van der Waals surface area contributed by atoms with E-state index in [9.17, 15) is 0 Å². The Morgan fingerprint density at radius 1 is 1.18 bits per heavy atom. The second-order valence-electron chi connectivity index (χ2n) is 5.31. The highest BCUT2D eigenvalue weighted by atomic mass is 79.9. The predicted molar refractivity (Wildman–Crippen MR) is 77.1 cm³/mol. The molecule has 0 amide bonds. The van der Waals surface area contributed by atoms with Crippen LogP contribution in [0.25, 0.3) is 0 Å². The first-order chi connectivity index (χ1) is 8.16. The van der Waals surface area contributed by atoms with Gasteiger partial charge in [0.2, 0.25) is 0 Å². The molecule has 0 heterocycles. The molecule has 2 heteroatoms. The standard InChI is InChI=1S/C15H22BrN/c1-11-5-3-4-6-15(11)17-12(2)13-7-9-14(16)10-8-13/h7-12,15,17H,3-6H2,1-2H3/t11?,12-,15?/m1/s1. The predicted octanol–water partition coefficient (Wildman–Crippen LogP) is 4.68. The van der Waals surface area contributed by atoms with Gasteiger partial charge in [0, 0.05) is 16.6 Å². The van der Waals surface area contributed by atoms with Gasteiger partial charge in [0.25, 0.3) is 0 Å².